The fourth-order valence-corrected chi connectivity index (χ4v) is 12.1. The number of halogens is 8. The van der Waals surface area contributed by atoms with Crippen molar-refractivity contribution in [2.45, 2.75) is 9.79 Å². The van der Waals surface area contributed by atoms with Gasteiger partial charge >= 0.3 is 0 Å². The predicted molar refractivity (Wildman–Crippen MR) is 184 cm³/mol. The standard InChI is InChI=1S/C28H8Br4Cl4N2O6S/c29-13-5-9(37-25(39)11-1-3-17(33)21(35)19(11)27(37)41)6-14(30)23(13)45(43,44)24-15(31)7-10(8-16(24)32)38-26(40)12-2-4-18(34)22(36)20(12)28(38)42/h1-8H. The van der Waals surface area contributed by atoms with Crippen LogP contribution in [0.1, 0.15) is 41.4 Å². The van der Waals surface area contributed by atoms with E-state index in [9.17, 15) is 27.6 Å². The van der Waals surface area contributed by atoms with E-state index in [1.165, 1.54) is 48.5 Å². The molecule has 0 atom stereocenters. The van der Waals surface area contributed by atoms with Crippen LogP contribution in [0.4, 0.5) is 11.4 Å². The van der Waals surface area contributed by atoms with E-state index in [1.807, 2.05) is 0 Å². The Hall–Kier alpha value is -1.81. The number of hydrogen-bond donors (Lipinski definition) is 0. The zero-order valence-corrected chi connectivity index (χ0v) is 31.6. The van der Waals surface area contributed by atoms with Gasteiger partial charge in [0.05, 0.1) is 53.7 Å². The quantitative estimate of drug-likeness (QED) is 0.189. The molecule has 4 amide bonds. The molecule has 0 bridgehead atoms. The number of imide groups is 2. The summed E-state index contributed by atoms with van der Waals surface area (Å²) in [5.74, 6) is -2.79. The third kappa shape index (κ3) is 5.05. The molecule has 0 saturated carbocycles. The SMILES string of the molecule is O=C1c2ccc(Cl)c(Cl)c2C(=O)N1c1cc(Br)c(S(=O)(=O)c2c(Br)cc(N3C(=O)c4ccc(Cl)c(Cl)c4C3=O)cc2Br)c(Br)c1. The van der Waals surface area contributed by atoms with Gasteiger partial charge in [0, 0.05) is 17.9 Å². The molecule has 2 aliphatic heterocycles. The molecule has 0 spiro atoms. The number of hydrogen-bond acceptors (Lipinski definition) is 6. The number of benzene rings is 4. The van der Waals surface area contributed by atoms with Crippen LogP contribution in [0.3, 0.4) is 0 Å². The number of carbonyl (C=O) groups is 4. The highest BCUT2D eigenvalue weighted by Gasteiger charge is 2.42. The lowest BCUT2D eigenvalue weighted by Gasteiger charge is -2.19. The summed E-state index contributed by atoms with van der Waals surface area (Å²) in [5, 5.41) is 0.0541. The summed E-state index contributed by atoms with van der Waals surface area (Å²) >= 11 is 37.7. The van der Waals surface area contributed by atoms with Crippen molar-refractivity contribution in [3.8, 4) is 0 Å². The minimum Gasteiger partial charge on any atom is -0.268 e. The Bertz CT molecular complexity index is 2040. The van der Waals surface area contributed by atoms with Crippen LogP contribution in [-0.4, -0.2) is 32.0 Å². The van der Waals surface area contributed by atoms with E-state index < -0.39 is 33.5 Å². The molecule has 0 unspecified atom stereocenters. The Morgan fingerprint density at radius 3 is 1.13 bits per heavy atom. The first-order valence-electron chi connectivity index (χ1n) is 12.0. The highest BCUT2D eigenvalue weighted by molar-refractivity contribution is 9.11. The van der Waals surface area contributed by atoms with Gasteiger partial charge in [0.1, 0.15) is 9.79 Å². The van der Waals surface area contributed by atoms with Crippen LogP contribution in [0.25, 0.3) is 0 Å². The maximum atomic E-state index is 14.1. The number of sulfone groups is 1. The Balaban J connectivity index is 1.39. The van der Waals surface area contributed by atoms with Gasteiger partial charge in [-0.1, -0.05) is 46.4 Å². The van der Waals surface area contributed by atoms with Gasteiger partial charge in [-0.3, -0.25) is 19.2 Å². The van der Waals surface area contributed by atoms with Crippen LogP contribution in [0.2, 0.25) is 20.1 Å². The maximum absolute atomic E-state index is 14.1. The van der Waals surface area contributed by atoms with Crippen molar-refractivity contribution in [1.29, 1.82) is 0 Å². The maximum Gasteiger partial charge on any atom is 0.267 e. The lowest BCUT2D eigenvalue weighted by atomic mass is 10.1. The van der Waals surface area contributed by atoms with Crippen molar-refractivity contribution in [3.63, 3.8) is 0 Å². The van der Waals surface area contributed by atoms with Crippen LogP contribution in [-0.2, 0) is 9.84 Å². The topological polar surface area (TPSA) is 109 Å². The largest absolute Gasteiger partial charge is 0.268 e. The summed E-state index contributed by atoms with van der Waals surface area (Å²) in [5.41, 5.74) is 0.0985. The van der Waals surface area contributed by atoms with Crippen LogP contribution in [0, 0.1) is 0 Å². The molecule has 4 aromatic carbocycles. The average Bonchev–Trinajstić information content (AvgIpc) is 3.35. The van der Waals surface area contributed by atoms with E-state index in [2.05, 4.69) is 63.7 Å². The van der Waals surface area contributed by atoms with E-state index in [4.69, 9.17) is 46.4 Å². The number of fused-ring (bicyclic) bond motifs is 2. The van der Waals surface area contributed by atoms with Crippen LogP contribution in [0.5, 0.6) is 0 Å². The molecule has 6 rings (SSSR count). The molecule has 0 radical (unpaired) electrons. The third-order valence-corrected chi connectivity index (χ3v) is 14.0. The minimum atomic E-state index is -4.37. The van der Waals surface area contributed by atoms with Crippen LogP contribution < -0.4 is 9.80 Å². The molecule has 0 aliphatic carbocycles. The molecule has 0 aromatic heterocycles. The summed E-state index contributed by atoms with van der Waals surface area (Å²) in [6, 6.07) is 10.8. The zero-order valence-electron chi connectivity index (χ0n) is 21.4. The molecule has 17 heteroatoms. The molecule has 2 aliphatic rings. The van der Waals surface area contributed by atoms with Gasteiger partial charge in [-0.15, -0.1) is 0 Å². The van der Waals surface area contributed by atoms with E-state index >= 15 is 0 Å². The molecule has 228 valence electrons. The molecule has 2 heterocycles. The lowest BCUT2D eigenvalue weighted by Crippen LogP contribution is -2.29. The molecule has 8 nitrogen and oxygen atoms in total. The fraction of sp³-hybridized carbons (Fsp3) is 0. The Labute approximate surface area is 308 Å². The normalized spacial score (nSPS) is 14.5. The minimum absolute atomic E-state index is 0.0160. The Morgan fingerprint density at radius 1 is 0.511 bits per heavy atom. The summed E-state index contributed by atoms with van der Waals surface area (Å²) in [4.78, 5) is 54.0. The molecular formula is C28H8Br4Cl4N2O6S. The summed E-state index contributed by atoms with van der Waals surface area (Å²) in [6.45, 7) is 0. The molecule has 0 fully saturated rings. The van der Waals surface area contributed by atoms with Crippen molar-refractivity contribution in [2.24, 2.45) is 0 Å². The van der Waals surface area contributed by atoms with Gasteiger partial charge in [-0.2, -0.15) is 0 Å². The van der Waals surface area contributed by atoms with Gasteiger partial charge in [0.15, 0.2) is 0 Å². The smallest absolute Gasteiger partial charge is 0.267 e. The predicted octanol–water partition coefficient (Wildman–Crippen LogP) is 9.78. The summed E-state index contributed by atoms with van der Waals surface area (Å²) in [6.07, 6.45) is 0. The Morgan fingerprint density at radius 2 is 0.822 bits per heavy atom. The van der Waals surface area contributed by atoms with Gasteiger partial charge in [-0.25, -0.2) is 18.2 Å². The van der Waals surface area contributed by atoms with Crippen molar-refractivity contribution in [1.82, 2.24) is 0 Å². The summed E-state index contributed by atoms with van der Waals surface area (Å²) in [7, 11) is -4.37. The Kier molecular flexibility index (Phi) is 8.61. The number of carbonyl (C=O) groups excluding carboxylic acids is 4. The van der Waals surface area contributed by atoms with Gasteiger partial charge in [0.25, 0.3) is 23.6 Å². The first-order valence-corrected chi connectivity index (χ1v) is 18.2. The second-order valence-corrected chi connectivity index (χ2v) is 16.3. The third-order valence-electron chi connectivity index (χ3n) is 6.91. The van der Waals surface area contributed by atoms with E-state index in [-0.39, 0.29) is 81.4 Å². The number of nitrogens with zero attached hydrogens (tertiary/aromatic N) is 2. The highest BCUT2D eigenvalue weighted by atomic mass is 79.9. The van der Waals surface area contributed by atoms with E-state index in [0.717, 1.165) is 9.80 Å². The molecule has 4 aromatic rings. The zero-order chi connectivity index (χ0) is 32.9. The van der Waals surface area contributed by atoms with Crippen molar-refractivity contribution in [2.75, 3.05) is 9.80 Å². The number of anilines is 2. The van der Waals surface area contributed by atoms with Crippen molar-refractivity contribution >= 4 is 155 Å². The van der Waals surface area contributed by atoms with Gasteiger partial charge in [0.2, 0.25) is 9.84 Å². The van der Waals surface area contributed by atoms with Crippen molar-refractivity contribution in [3.05, 3.63) is 109 Å². The van der Waals surface area contributed by atoms with E-state index in [0.29, 0.717) is 0 Å². The van der Waals surface area contributed by atoms with Crippen LogP contribution >= 0.6 is 110 Å². The molecule has 0 saturated heterocycles. The van der Waals surface area contributed by atoms with Crippen molar-refractivity contribution < 1.29 is 27.6 Å². The molecular weight excluding hydrogens is 954 g/mol. The number of rotatable bonds is 4. The second-order valence-electron chi connectivity index (χ2n) is 9.44. The van der Waals surface area contributed by atoms with Gasteiger partial charge in [-0.05, 0) is 112 Å². The first kappa shape index (κ1) is 33.1. The molecule has 45 heavy (non-hydrogen) atoms. The summed E-state index contributed by atoms with van der Waals surface area (Å²) < 4.78 is 28.2. The fourth-order valence-electron chi connectivity index (χ4n) is 4.96. The van der Waals surface area contributed by atoms with Gasteiger partial charge < -0.3 is 0 Å². The second kappa shape index (κ2) is 11.7. The number of amides is 4. The average molecular weight is 962 g/mol. The lowest BCUT2D eigenvalue weighted by molar-refractivity contribution is 0.0910. The first-order chi connectivity index (χ1) is 21.1. The monoisotopic (exact) mass is 956 g/mol. The van der Waals surface area contributed by atoms with E-state index in [1.54, 1.807) is 0 Å². The molecule has 0 N–H and O–H groups in total. The van der Waals surface area contributed by atoms with Crippen LogP contribution in [0.15, 0.2) is 76.2 Å². The highest BCUT2D eigenvalue weighted by Crippen LogP contribution is 2.46.